The number of carbonyl (C=O) groups is 1. The zero-order valence-corrected chi connectivity index (χ0v) is 26.4. The highest BCUT2D eigenvalue weighted by Gasteiger charge is 2.28. The molecule has 7 nitrogen and oxygen atoms in total. The topological polar surface area (TPSA) is 124 Å². The molecule has 236 valence electrons. The Morgan fingerprint density at radius 3 is 1.70 bits per heavy atom. The zero-order valence-electron chi connectivity index (χ0n) is 25.6. The average molecular weight is 588 g/mol. The third kappa shape index (κ3) is 25.7. The van der Waals surface area contributed by atoms with Gasteiger partial charge in [-0.05, 0) is 25.7 Å². The Hall–Kier alpha value is -1.22. The molecule has 1 amide bonds. The third-order valence-electron chi connectivity index (χ3n) is 7.28. The standard InChI is InChI=1S/C32H61NO6S/c1-3-5-7-9-11-13-15-17-19-21-23-25-27-31(35)32(36)33-29(28-40(37,38)39)30(34)26-24-22-20-18-16-14-12-10-8-6-4-2/h17,19,23,25,29-31,34-35H,3-16,18,20-22,24,26-28H2,1-2H3,(H,33,36)(H,37,38,39)/b19-17-,25-23-. The van der Waals surface area contributed by atoms with Crippen LogP contribution in [0.4, 0.5) is 0 Å². The third-order valence-corrected chi connectivity index (χ3v) is 8.06. The lowest BCUT2D eigenvalue weighted by molar-refractivity contribution is -0.130. The van der Waals surface area contributed by atoms with Crippen LogP contribution in [0.2, 0.25) is 0 Å². The molecule has 0 aliphatic heterocycles. The van der Waals surface area contributed by atoms with Crippen molar-refractivity contribution in [1.29, 1.82) is 0 Å². The van der Waals surface area contributed by atoms with E-state index in [1.165, 1.54) is 83.5 Å². The molecule has 40 heavy (non-hydrogen) atoms. The highest BCUT2D eigenvalue weighted by molar-refractivity contribution is 7.85. The summed E-state index contributed by atoms with van der Waals surface area (Å²) in [5.74, 6) is -1.54. The van der Waals surface area contributed by atoms with Gasteiger partial charge in [-0.15, -0.1) is 0 Å². The van der Waals surface area contributed by atoms with E-state index < -0.39 is 40.0 Å². The Kier molecular flexibility index (Phi) is 25.9. The van der Waals surface area contributed by atoms with E-state index in [2.05, 4.69) is 31.3 Å². The SMILES string of the molecule is CCCCCCCC/C=C\C/C=C\CC(O)C(=O)NC(CS(=O)(=O)O)C(O)CCCCCCCCCCCCC. The fourth-order valence-corrected chi connectivity index (χ4v) is 5.50. The van der Waals surface area contributed by atoms with Crippen molar-refractivity contribution in [3.05, 3.63) is 24.3 Å². The average Bonchev–Trinajstić information content (AvgIpc) is 2.90. The van der Waals surface area contributed by atoms with Crippen LogP contribution in [0.1, 0.15) is 149 Å². The van der Waals surface area contributed by atoms with Gasteiger partial charge in [-0.1, -0.05) is 141 Å². The summed E-state index contributed by atoms with van der Waals surface area (Å²) in [6, 6.07) is -1.17. The molecular formula is C32H61NO6S. The van der Waals surface area contributed by atoms with Gasteiger partial charge in [-0.2, -0.15) is 8.42 Å². The predicted molar refractivity (Wildman–Crippen MR) is 167 cm³/mol. The second-order valence-corrected chi connectivity index (χ2v) is 12.7. The van der Waals surface area contributed by atoms with E-state index in [4.69, 9.17) is 0 Å². The minimum atomic E-state index is -4.41. The summed E-state index contributed by atoms with van der Waals surface area (Å²) >= 11 is 0. The molecule has 4 N–H and O–H groups in total. The molecule has 0 aromatic heterocycles. The molecule has 0 heterocycles. The van der Waals surface area contributed by atoms with Gasteiger partial charge >= 0.3 is 0 Å². The first-order valence-electron chi connectivity index (χ1n) is 16.1. The highest BCUT2D eigenvalue weighted by Crippen LogP contribution is 2.14. The Morgan fingerprint density at radius 2 is 1.18 bits per heavy atom. The van der Waals surface area contributed by atoms with E-state index in [0.717, 1.165) is 25.7 Å². The lowest BCUT2D eigenvalue weighted by Crippen LogP contribution is -2.50. The van der Waals surface area contributed by atoms with Gasteiger partial charge in [-0.25, -0.2) is 0 Å². The first-order valence-corrected chi connectivity index (χ1v) is 17.7. The van der Waals surface area contributed by atoms with Gasteiger partial charge in [0, 0.05) is 6.42 Å². The van der Waals surface area contributed by atoms with Crippen molar-refractivity contribution in [2.45, 2.75) is 167 Å². The number of allylic oxidation sites excluding steroid dienone is 3. The lowest BCUT2D eigenvalue weighted by Gasteiger charge is -2.24. The number of nitrogens with one attached hydrogen (secondary N) is 1. The van der Waals surface area contributed by atoms with Crippen molar-refractivity contribution in [3.8, 4) is 0 Å². The number of aliphatic hydroxyl groups is 2. The van der Waals surface area contributed by atoms with Crippen LogP contribution >= 0.6 is 0 Å². The Bertz CT molecular complexity index is 753. The summed E-state index contributed by atoms with van der Waals surface area (Å²) in [4.78, 5) is 12.4. The molecule has 0 bridgehead atoms. The Labute approximate surface area is 246 Å². The van der Waals surface area contributed by atoms with Crippen LogP contribution in [0.15, 0.2) is 24.3 Å². The normalized spacial score (nSPS) is 14.6. The van der Waals surface area contributed by atoms with Crippen LogP contribution in [-0.2, 0) is 14.9 Å². The second-order valence-electron chi connectivity index (χ2n) is 11.2. The van der Waals surface area contributed by atoms with Crippen LogP contribution in [0.3, 0.4) is 0 Å². The number of unbranched alkanes of at least 4 members (excludes halogenated alkanes) is 16. The van der Waals surface area contributed by atoms with Crippen LogP contribution in [-0.4, -0.2) is 53.1 Å². The molecule has 0 rings (SSSR count). The number of hydrogen-bond donors (Lipinski definition) is 4. The molecule has 0 saturated carbocycles. The molecule has 0 aliphatic rings. The maximum Gasteiger partial charge on any atom is 0.266 e. The number of hydrogen-bond acceptors (Lipinski definition) is 5. The van der Waals surface area contributed by atoms with Crippen molar-refractivity contribution in [2.24, 2.45) is 0 Å². The lowest BCUT2D eigenvalue weighted by atomic mass is 10.0. The van der Waals surface area contributed by atoms with Crippen LogP contribution in [0.5, 0.6) is 0 Å². The van der Waals surface area contributed by atoms with Gasteiger partial charge in [0.1, 0.15) is 6.10 Å². The molecule has 0 saturated heterocycles. The summed E-state index contributed by atoms with van der Waals surface area (Å²) in [5.41, 5.74) is 0. The van der Waals surface area contributed by atoms with Gasteiger partial charge in [-0.3, -0.25) is 9.35 Å². The summed E-state index contributed by atoms with van der Waals surface area (Å²) in [6.07, 6.45) is 27.9. The van der Waals surface area contributed by atoms with E-state index in [1.807, 2.05) is 6.08 Å². The number of aliphatic hydroxyl groups excluding tert-OH is 2. The molecule has 0 aromatic rings. The van der Waals surface area contributed by atoms with Crippen LogP contribution < -0.4 is 5.32 Å². The maximum absolute atomic E-state index is 12.4. The van der Waals surface area contributed by atoms with Crippen molar-refractivity contribution >= 4 is 16.0 Å². The molecule has 0 spiro atoms. The van der Waals surface area contributed by atoms with E-state index >= 15 is 0 Å². The summed E-state index contributed by atoms with van der Waals surface area (Å²) < 4.78 is 32.2. The van der Waals surface area contributed by atoms with Crippen molar-refractivity contribution < 1.29 is 28.0 Å². The van der Waals surface area contributed by atoms with E-state index in [-0.39, 0.29) is 6.42 Å². The number of carbonyl (C=O) groups excluding carboxylic acids is 1. The molecule has 0 aromatic carbocycles. The predicted octanol–water partition coefficient (Wildman–Crippen LogP) is 7.43. The maximum atomic E-state index is 12.4. The smallest absolute Gasteiger partial charge is 0.266 e. The van der Waals surface area contributed by atoms with Gasteiger partial charge in [0.15, 0.2) is 0 Å². The molecular weight excluding hydrogens is 526 g/mol. The van der Waals surface area contributed by atoms with Gasteiger partial charge < -0.3 is 15.5 Å². The molecule has 0 radical (unpaired) electrons. The van der Waals surface area contributed by atoms with Crippen molar-refractivity contribution in [3.63, 3.8) is 0 Å². The Balaban J connectivity index is 4.26. The monoisotopic (exact) mass is 587 g/mol. The number of amides is 1. The quantitative estimate of drug-likeness (QED) is 0.0429. The molecule has 3 unspecified atom stereocenters. The van der Waals surface area contributed by atoms with Gasteiger partial charge in [0.25, 0.3) is 10.1 Å². The molecule has 8 heteroatoms. The largest absolute Gasteiger partial charge is 0.391 e. The minimum absolute atomic E-state index is 0.0877. The first-order chi connectivity index (χ1) is 19.2. The fourth-order valence-electron chi connectivity index (χ4n) is 4.74. The van der Waals surface area contributed by atoms with Crippen LogP contribution in [0.25, 0.3) is 0 Å². The molecule has 3 atom stereocenters. The van der Waals surface area contributed by atoms with Gasteiger partial charge in [0.05, 0.1) is 17.9 Å². The van der Waals surface area contributed by atoms with E-state index in [1.54, 1.807) is 6.08 Å². The van der Waals surface area contributed by atoms with Gasteiger partial charge in [0.2, 0.25) is 5.91 Å². The highest BCUT2D eigenvalue weighted by atomic mass is 32.2. The zero-order chi connectivity index (χ0) is 29.9. The first kappa shape index (κ1) is 38.8. The molecule has 0 aliphatic carbocycles. The summed E-state index contributed by atoms with van der Waals surface area (Å²) in [5, 5.41) is 23.2. The number of rotatable bonds is 28. The molecule has 0 fully saturated rings. The fraction of sp³-hybridized carbons (Fsp3) is 0.844. The summed E-state index contributed by atoms with van der Waals surface area (Å²) in [6.45, 7) is 4.43. The minimum Gasteiger partial charge on any atom is -0.391 e. The second kappa shape index (κ2) is 26.7. The van der Waals surface area contributed by atoms with E-state index in [0.29, 0.717) is 19.3 Å². The van der Waals surface area contributed by atoms with E-state index in [9.17, 15) is 28.0 Å². The van der Waals surface area contributed by atoms with Crippen LogP contribution in [0, 0.1) is 0 Å². The van der Waals surface area contributed by atoms with Crippen molar-refractivity contribution in [1.82, 2.24) is 5.32 Å². The Morgan fingerprint density at radius 1 is 0.700 bits per heavy atom. The van der Waals surface area contributed by atoms with Crippen molar-refractivity contribution in [2.75, 3.05) is 5.75 Å². The summed E-state index contributed by atoms with van der Waals surface area (Å²) in [7, 11) is -4.41.